The number of benzene rings is 1. The Kier molecular flexibility index (Phi) is 3.64. The molecule has 5 nitrogen and oxygen atoms in total. The van der Waals surface area contributed by atoms with E-state index >= 15 is 0 Å². The van der Waals surface area contributed by atoms with Gasteiger partial charge >= 0.3 is 6.03 Å². The number of H-pyrrole nitrogens is 1. The van der Waals surface area contributed by atoms with Gasteiger partial charge in [0.05, 0.1) is 5.69 Å². The average Bonchev–Trinajstić information content (AvgIpc) is 2.49. The van der Waals surface area contributed by atoms with Crippen LogP contribution in [-0.2, 0) is 0 Å². The number of pyridine rings is 1. The van der Waals surface area contributed by atoms with Crippen molar-refractivity contribution in [3.05, 3.63) is 40.8 Å². The number of anilines is 1. The molecule has 0 spiro atoms. The number of aromatic nitrogens is 1. The van der Waals surface area contributed by atoms with E-state index in [1.54, 1.807) is 24.4 Å². The van der Waals surface area contributed by atoms with Crippen molar-refractivity contribution in [2.45, 2.75) is 0 Å². The number of fused-ring (bicyclic) bond motifs is 1. The number of carbonyl (C=O) groups excluding carboxylic acids is 1. The van der Waals surface area contributed by atoms with Crippen molar-refractivity contribution < 1.29 is 4.79 Å². The Hall–Kier alpha value is -1.95. The second-order valence-corrected chi connectivity index (χ2v) is 5.83. The van der Waals surface area contributed by atoms with Crippen LogP contribution in [0, 0.1) is 0 Å². The second kappa shape index (κ2) is 5.58. The van der Waals surface area contributed by atoms with Crippen LogP contribution in [0.2, 0.25) is 0 Å². The molecule has 0 saturated carbocycles. The van der Waals surface area contributed by atoms with Crippen LogP contribution in [0.15, 0.2) is 35.3 Å². The number of thioether (sulfide) groups is 1. The maximum atomic E-state index is 12.2. The molecule has 20 heavy (non-hydrogen) atoms. The van der Waals surface area contributed by atoms with Crippen LogP contribution >= 0.6 is 11.8 Å². The zero-order valence-electron chi connectivity index (χ0n) is 10.9. The lowest BCUT2D eigenvalue weighted by Crippen LogP contribution is -2.40. The zero-order chi connectivity index (χ0) is 13.9. The van der Waals surface area contributed by atoms with Crippen molar-refractivity contribution in [3.63, 3.8) is 0 Å². The summed E-state index contributed by atoms with van der Waals surface area (Å²) in [6.07, 6.45) is 1.60. The molecule has 0 radical (unpaired) electrons. The van der Waals surface area contributed by atoms with Gasteiger partial charge in [0, 0.05) is 41.6 Å². The molecule has 1 aliphatic heterocycles. The summed E-state index contributed by atoms with van der Waals surface area (Å²) in [5.41, 5.74) is 0.532. The summed E-state index contributed by atoms with van der Waals surface area (Å²) in [6.45, 7) is 1.53. The Balaban J connectivity index is 1.89. The SMILES string of the molecule is O=C(Nc1cccc2c(=O)[nH]ccc12)N1CCSCC1. The molecule has 0 bridgehead atoms. The van der Waals surface area contributed by atoms with Crippen LogP contribution in [0.25, 0.3) is 10.8 Å². The number of hydrogen-bond donors (Lipinski definition) is 2. The number of nitrogens with one attached hydrogen (secondary N) is 2. The van der Waals surface area contributed by atoms with Crippen LogP contribution in [0.1, 0.15) is 0 Å². The third-order valence-electron chi connectivity index (χ3n) is 3.36. The first-order valence-corrected chi connectivity index (χ1v) is 7.65. The van der Waals surface area contributed by atoms with Crippen LogP contribution < -0.4 is 10.9 Å². The summed E-state index contributed by atoms with van der Waals surface area (Å²) in [6, 6.07) is 7.05. The fourth-order valence-corrected chi connectivity index (χ4v) is 3.19. The monoisotopic (exact) mass is 289 g/mol. The number of hydrogen-bond acceptors (Lipinski definition) is 3. The van der Waals surface area contributed by atoms with E-state index in [0.717, 1.165) is 30.0 Å². The molecule has 1 fully saturated rings. The lowest BCUT2D eigenvalue weighted by Gasteiger charge is -2.26. The van der Waals surface area contributed by atoms with Gasteiger partial charge < -0.3 is 15.2 Å². The third kappa shape index (κ3) is 2.51. The van der Waals surface area contributed by atoms with Gasteiger partial charge in [0.2, 0.25) is 0 Å². The van der Waals surface area contributed by atoms with Crippen molar-refractivity contribution in [1.29, 1.82) is 0 Å². The molecule has 1 aromatic heterocycles. The quantitative estimate of drug-likeness (QED) is 0.845. The highest BCUT2D eigenvalue weighted by Gasteiger charge is 2.17. The van der Waals surface area contributed by atoms with Gasteiger partial charge in [0.1, 0.15) is 0 Å². The first kappa shape index (κ1) is 13.1. The van der Waals surface area contributed by atoms with Gasteiger partial charge in [0.15, 0.2) is 0 Å². The maximum absolute atomic E-state index is 12.2. The number of rotatable bonds is 1. The normalized spacial score (nSPS) is 15.3. The highest BCUT2D eigenvalue weighted by molar-refractivity contribution is 7.99. The van der Waals surface area contributed by atoms with Gasteiger partial charge in [-0.05, 0) is 18.2 Å². The molecule has 1 saturated heterocycles. The van der Waals surface area contributed by atoms with E-state index in [2.05, 4.69) is 10.3 Å². The van der Waals surface area contributed by atoms with Gasteiger partial charge in [0.25, 0.3) is 5.56 Å². The molecular weight excluding hydrogens is 274 g/mol. The number of aromatic amines is 1. The van der Waals surface area contributed by atoms with Crippen molar-refractivity contribution in [2.75, 3.05) is 29.9 Å². The number of amides is 2. The highest BCUT2D eigenvalue weighted by Crippen LogP contribution is 2.21. The Bertz CT molecular complexity index is 692. The van der Waals surface area contributed by atoms with Crippen LogP contribution in [0.4, 0.5) is 10.5 Å². The molecule has 0 aliphatic carbocycles. The summed E-state index contributed by atoms with van der Waals surface area (Å²) >= 11 is 1.86. The predicted molar refractivity (Wildman–Crippen MR) is 82.5 cm³/mol. The third-order valence-corrected chi connectivity index (χ3v) is 4.30. The largest absolute Gasteiger partial charge is 0.329 e. The molecule has 2 heterocycles. The maximum Gasteiger partial charge on any atom is 0.321 e. The van der Waals surface area contributed by atoms with Crippen molar-refractivity contribution >= 4 is 34.3 Å². The van der Waals surface area contributed by atoms with E-state index in [-0.39, 0.29) is 11.6 Å². The van der Waals surface area contributed by atoms with Gasteiger partial charge in [-0.25, -0.2) is 4.79 Å². The van der Waals surface area contributed by atoms with Gasteiger partial charge in [-0.1, -0.05) is 6.07 Å². The molecule has 2 aromatic rings. The van der Waals surface area contributed by atoms with Crippen molar-refractivity contribution in [1.82, 2.24) is 9.88 Å². The van der Waals surface area contributed by atoms with Crippen molar-refractivity contribution in [3.8, 4) is 0 Å². The first-order valence-electron chi connectivity index (χ1n) is 6.50. The minimum Gasteiger partial charge on any atom is -0.329 e. The van der Waals surface area contributed by atoms with Crippen LogP contribution in [-0.4, -0.2) is 40.5 Å². The number of carbonyl (C=O) groups is 1. The lowest BCUT2D eigenvalue weighted by molar-refractivity contribution is 0.217. The van der Waals surface area contributed by atoms with Crippen molar-refractivity contribution in [2.24, 2.45) is 0 Å². The van der Waals surface area contributed by atoms with E-state index in [0.29, 0.717) is 11.1 Å². The second-order valence-electron chi connectivity index (χ2n) is 4.60. The minimum absolute atomic E-state index is 0.0990. The van der Waals surface area contributed by atoms with Gasteiger partial charge in [-0.2, -0.15) is 11.8 Å². The predicted octanol–water partition coefficient (Wildman–Crippen LogP) is 2.11. The zero-order valence-corrected chi connectivity index (χ0v) is 11.7. The smallest absolute Gasteiger partial charge is 0.321 e. The summed E-state index contributed by atoms with van der Waals surface area (Å²) in [7, 11) is 0. The molecule has 0 atom stereocenters. The summed E-state index contributed by atoms with van der Waals surface area (Å²) in [5, 5.41) is 4.25. The molecule has 2 N–H and O–H groups in total. The molecule has 104 valence electrons. The summed E-state index contributed by atoms with van der Waals surface area (Å²) in [4.78, 5) is 28.4. The Morgan fingerprint density at radius 2 is 2.00 bits per heavy atom. The summed E-state index contributed by atoms with van der Waals surface area (Å²) in [5.74, 6) is 1.95. The first-order chi connectivity index (χ1) is 9.75. The Morgan fingerprint density at radius 3 is 2.80 bits per heavy atom. The molecule has 6 heteroatoms. The van der Waals surface area contributed by atoms with E-state index < -0.39 is 0 Å². The molecule has 2 amide bonds. The van der Waals surface area contributed by atoms with E-state index in [1.807, 2.05) is 22.7 Å². The molecule has 3 rings (SSSR count). The van der Waals surface area contributed by atoms with E-state index in [9.17, 15) is 9.59 Å². The number of urea groups is 1. The number of nitrogens with zero attached hydrogens (tertiary/aromatic N) is 1. The lowest BCUT2D eigenvalue weighted by atomic mass is 10.1. The fraction of sp³-hybridized carbons (Fsp3) is 0.286. The molecule has 1 aromatic carbocycles. The molecule has 1 aliphatic rings. The summed E-state index contributed by atoms with van der Waals surface area (Å²) < 4.78 is 0. The molecular formula is C14H15N3O2S. The van der Waals surface area contributed by atoms with Crippen LogP contribution in [0.3, 0.4) is 0 Å². The average molecular weight is 289 g/mol. The minimum atomic E-state index is -0.145. The van der Waals surface area contributed by atoms with Gasteiger partial charge in [-0.3, -0.25) is 4.79 Å². The fourth-order valence-electron chi connectivity index (χ4n) is 2.29. The molecule has 0 unspecified atom stereocenters. The Labute approximate surface area is 120 Å². The van der Waals surface area contributed by atoms with Crippen LogP contribution in [0.5, 0.6) is 0 Å². The van der Waals surface area contributed by atoms with E-state index in [4.69, 9.17) is 0 Å². The van der Waals surface area contributed by atoms with Gasteiger partial charge in [-0.15, -0.1) is 0 Å². The highest BCUT2D eigenvalue weighted by atomic mass is 32.2. The standard InChI is InChI=1S/C14H15N3O2S/c18-13-11-2-1-3-12(10(11)4-5-15-13)16-14(19)17-6-8-20-9-7-17/h1-5H,6-9H2,(H,15,18)(H,16,19). The Morgan fingerprint density at radius 1 is 1.20 bits per heavy atom. The van der Waals surface area contributed by atoms with E-state index in [1.165, 1.54) is 0 Å². The topological polar surface area (TPSA) is 65.2 Å².